The first-order valence-corrected chi connectivity index (χ1v) is 8.56. The molecule has 4 heteroatoms. The highest BCUT2D eigenvalue weighted by Gasteiger charge is 2.36. The predicted molar refractivity (Wildman–Crippen MR) is 71.0 cm³/mol. The van der Waals surface area contributed by atoms with Gasteiger partial charge in [0.1, 0.15) is 0 Å². The van der Waals surface area contributed by atoms with Gasteiger partial charge in [0, 0.05) is 12.1 Å². The molecule has 0 unspecified atom stereocenters. The van der Waals surface area contributed by atoms with E-state index in [1.807, 2.05) is 0 Å². The van der Waals surface area contributed by atoms with Gasteiger partial charge >= 0.3 is 0 Å². The molecule has 3 nitrogen and oxygen atoms in total. The van der Waals surface area contributed by atoms with E-state index in [9.17, 15) is 4.79 Å². The van der Waals surface area contributed by atoms with E-state index in [2.05, 4.69) is 45.8 Å². The molecular formula is C12H25NO2Si. The van der Waals surface area contributed by atoms with E-state index < -0.39 is 8.32 Å². The number of carbonyl (C=O) groups excluding carboxylic acids is 1. The Bertz CT molecular complexity index is 267. The number of nitrogens with one attached hydrogen (secondary N) is 1. The van der Waals surface area contributed by atoms with Crippen LogP contribution in [0.5, 0.6) is 0 Å². The number of carbonyl (C=O) groups is 1. The quantitative estimate of drug-likeness (QED) is 0.458. The second-order valence-electron chi connectivity index (χ2n) is 5.65. The summed E-state index contributed by atoms with van der Waals surface area (Å²) >= 11 is 0. The summed E-state index contributed by atoms with van der Waals surface area (Å²) in [7, 11) is -1.68. The summed E-state index contributed by atoms with van der Waals surface area (Å²) in [6.07, 6.45) is 0. The molecule has 0 aliphatic carbocycles. The van der Waals surface area contributed by atoms with Crippen LogP contribution in [0.25, 0.3) is 0 Å². The zero-order valence-electron chi connectivity index (χ0n) is 11.4. The van der Waals surface area contributed by atoms with E-state index in [1.165, 1.54) is 0 Å². The largest absolute Gasteiger partial charge is 0.415 e. The van der Waals surface area contributed by atoms with Crippen molar-refractivity contribution in [2.24, 2.45) is 0 Å². The van der Waals surface area contributed by atoms with Gasteiger partial charge in [0.15, 0.2) is 8.32 Å². The summed E-state index contributed by atoms with van der Waals surface area (Å²) in [5.74, 6) is -0.0983. The molecule has 0 aliphatic heterocycles. The SMILES string of the molecule is C=C(C)C(=O)NCCO[Si](C)(C)C(C)(C)C. The van der Waals surface area contributed by atoms with E-state index in [-0.39, 0.29) is 10.9 Å². The average molecular weight is 243 g/mol. The van der Waals surface area contributed by atoms with Crippen LogP contribution in [-0.2, 0) is 9.22 Å². The number of rotatable bonds is 5. The Morgan fingerprint density at radius 1 is 1.38 bits per heavy atom. The van der Waals surface area contributed by atoms with Crippen LogP contribution in [0.3, 0.4) is 0 Å². The lowest BCUT2D eigenvalue weighted by Crippen LogP contribution is -2.42. The predicted octanol–water partition coefficient (Wildman–Crippen LogP) is 2.70. The van der Waals surface area contributed by atoms with Crippen molar-refractivity contribution >= 4 is 14.2 Å². The van der Waals surface area contributed by atoms with Crippen LogP contribution in [0.2, 0.25) is 18.1 Å². The van der Waals surface area contributed by atoms with Crippen LogP contribution < -0.4 is 5.32 Å². The molecule has 1 N–H and O–H groups in total. The lowest BCUT2D eigenvalue weighted by molar-refractivity contribution is -0.117. The highest BCUT2D eigenvalue weighted by molar-refractivity contribution is 6.74. The molecule has 1 amide bonds. The maximum atomic E-state index is 11.2. The van der Waals surface area contributed by atoms with Crippen molar-refractivity contribution in [1.29, 1.82) is 0 Å². The van der Waals surface area contributed by atoms with Gasteiger partial charge in [0.25, 0.3) is 0 Å². The first-order valence-electron chi connectivity index (χ1n) is 5.65. The lowest BCUT2D eigenvalue weighted by Gasteiger charge is -2.36. The molecule has 0 heterocycles. The second kappa shape index (κ2) is 5.64. The first kappa shape index (κ1) is 15.4. The minimum absolute atomic E-state index is 0.0983. The molecule has 0 aromatic heterocycles. The van der Waals surface area contributed by atoms with Crippen molar-refractivity contribution in [3.63, 3.8) is 0 Å². The Morgan fingerprint density at radius 3 is 2.25 bits per heavy atom. The van der Waals surface area contributed by atoms with Crippen LogP contribution in [0.4, 0.5) is 0 Å². The highest BCUT2D eigenvalue weighted by atomic mass is 28.4. The Balaban J connectivity index is 3.92. The maximum Gasteiger partial charge on any atom is 0.246 e. The molecule has 0 aromatic rings. The molecule has 0 spiro atoms. The van der Waals surface area contributed by atoms with Crippen molar-refractivity contribution in [2.75, 3.05) is 13.2 Å². The fourth-order valence-corrected chi connectivity index (χ4v) is 1.88. The van der Waals surface area contributed by atoms with Crippen LogP contribution >= 0.6 is 0 Å². The monoisotopic (exact) mass is 243 g/mol. The van der Waals surface area contributed by atoms with Gasteiger partial charge in [0.2, 0.25) is 5.91 Å². The summed E-state index contributed by atoms with van der Waals surface area (Å²) < 4.78 is 5.92. The van der Waals surface area contributed by atoms with Gasteiger partial charge in [-0.15, -0.1) is 0 Å². The Kier molecular flexibility index (Phi) is 5.42. The molecule has 0 bridgehead atoms. The van der Waals surface area contributed by atoms with Crippen molar-refractivity contribution in [1.82, 2.24) is 5.32 Å². The van der Waals surface area contributed by atoms with Crippen LogP contribution in [0.15, 0.2) is 12.2 Å². The van der Waals surface area contributed by atoms with Crippen molar-refractivity contribution in [3.8, 4) is 0 Å². The van der Waals surface area contributed by atoms with E-state index in [4.69, 9.17) is 4.43 Å². The first-order chi connectivity index (χ1) is 7.08. The molecule has 0 aliphatic rings. The topological polar surface area (TPSA) is 38.3 Å². The third-order valence-electron chi connectivity index (χ3n) is 3.04. The third-order valence-corrected chi connectivity index (χ3v) is 7.58. The maximum absolute atomic E-state index is 11.2. The summed E-state index contributed by atoms with van der Waals surface area (Å²) in [6.45, 7) is 17.4. The molecule has 0 saturated heterocycles. The number of amides is 1. The van der Waals surface area contributed by atoms with Crippen LogP contribution in [0, 0.1) is 0 Å². The molecule has 0 fully saturated rings. The molecule has 94 valence electrons. The Hall–Kier alpha value is -0.613. The second-order valence-corrected chi connectivity index (χ2v) is 10.5. The van der Waals surface area contributed by atoms with Crippen LogP contribution in [0.1, 0.15) is 27.7 Å². The molecule has 0 rings (SSSR count). The van der Waals surface area contributed by atoms with Gasteiger partial charge in [0.05, 0.1) is 6.61 Å². The normalized spacial score (nSPS) is 12.4. The molecule has 0 radical (unpaired) electrons. The van der Waals surface area contributed by atoms with Crippen LogP contribution in [-0.4, -0.2) is 27.4 Å². The van der Waals surface area contributed by atoms with Gasteiger partial charge in [-0.3, -0.25) is 4.79 Å². The molecule has 0 saturated carbocycles. The summed E-state index contributed by atoms with van der Waals surface area (Å²) in [6, 6.07) is 0. The average Bonchev–Trinajstić information content (AvgIpc) is 2.09. The summed E-state index contributed by atoms with van der Waals surface area (Å²) in [5.41, 5.74) is 0.535. The zero-order chi connectivity index (χ0) is 13.0. The van der Waals surface area contributed by atoms with Gasteiger partial charge in [-0.05, 0) is 25.1 Å². The fraction of sp³-hybridized carbons (Fsp3) is 0.750. The minimum atomic E-state index is -1.68. The minimum Gasteiger partial charge on any atom is -0.415 e. The summed E-state index contributed by atoms with van der Waals surface area (Å²) in [4.78, 5) is 11.2. The van der Waals surface area contributed by atoms with Gasteiger partial charge < -0.3 is 9.74 Å². The Morgan fingerprint density at radius 2 is 1.88 bits per heavy atom. The van der Waals surface area contributed by atoms with E-state index in [0.29, 0.717) is 18.7 Å². The number of hydrogen-bond donors (Lipinski definition) is 1. The number of hydrogen-bond acceptors (Lipinski definition) is 2. The molecular weight excluding hydrogens is 218 g/mol. The molecule has 0 aromatic carbocycles. The fourth-order valence-electron chi connectivity index (χ4n) is 0.838. The highest BCUT2D eigenvalue weighted by Crippen LogP contribution is 2.36. The smallest absolute Gasteiger partial charge is 0.246 e. The van der Waals surface area contributed by atoms with E-state index in [0.717, 1.165) is 0 Å². The van der Waals surface area contributed by atoms with Gasteiger partial charge in [-0.2, -0.15) is 0 Å². The third kappa shape index (κ3) is 4.94. The standard InChI is InChI=1S/C12H25NO2Si/c1-10(2)11(14)13-8-9-15-16(6,7)12(3,4)5/h1,8-9H2,2-7H3,(H,13,14). The van der Waals surface area contributed by atoms with E-state index >= 15 is 0 Å². The van der Waals surface area contributed by atoms with Crippen molar-refractivity contribution < 1.29 is 9.22 Å². The lowest BCUT2D eigenvalue weighted by atomic mass is 10.2. The van der Waals surface area contributed by atoms with Gasteiger partial charge in [-0.25, -0.2) is 0 Å². The molecule has 0 atom stereocenters. The summed E-state index contributed by atoms with van der Waals surface area (Å²) in [5, 5.41) is 2.98. The van der Waals surface area contributed by atoms with Crippen molar-refractivity contribution in [2.45, 2.75) is 45.8 Å². The van der Waals surface area contributed by atoms with Crippen molar-refractivity contribution in [3.05, 3.63) is 12.2 Å². The zero-order valence-corrected chi connectivity index (χ0v) is 12.4. The molecule has 16 heavy (non-hydrogen) atoms. The van der Waals surface area contributed by atoms with E-state index in [1.54, 1.807) is 6.92 Å². The van der Waals surface area contributed by atoms with Gasteiger partial charge in [-0.1, -0.05) is 27.4 Å². The Labute approximate surface area is 100 Å².